The summed E-state index contributed by atoms with van der Waals surface area (Å²) >= 11 is 1.78. The van der Waals surface area contributed by atoms with Gasteiger partial charge in [-0.25, -0.2) is 0 Å². The van der Waals surface area contributed by atoms with Gasteiger partial charge in [0.25, 0.3) is 0 Å². The van der Waals surface area contributed by atoms with Crippen molar-refractivity contribution in [3.8, 4) is 0 Å². The van der Waals surface area contributed by atoms with Crippen molar-refractivity contribution in [2.24, 2.45) is 5.92 Å². The van der Waals surface area contributed by atoms with Gasteiger partial charge in [-0.2, -0.15) is 0 Å². The van der Waals surface area contributed by atoms with Crippen LogP contribution in [0, 0.1) is 5.92 Å². The average Bonchev–Trinajstić information content (AvgIpc) is 3.16. The monoisotopic (exact) mass is 321 g/mol. The minimum Gasteiger partial charge on any atom is -0.342 e. The zero-order valence-corrected chi connectivity index (χ0v) is 13.8. The van der Waals surface area contributed by atoms with E-state index in [0.29, 0.717) is 19.5 Å². The SMILES string of the molecule is CCN1C[C@H](C(=O)N2CCN(Cc3cccs3)CC2)CC1=O. The lowest BCUT2D eigenvalue weighted by Gasteiger charge is -2.35. The normalized spacial score (nSPS) is 23.3. The van der Waals surface area contributed by atoms with Gasteiger partial charge in [-0.3, -0.25) is 14.5 Å². The van der Waals surface area contributed by atoms with E-state index in [2.05, 4.69) is 22.4 Å². The molecule has 0 bridgehead atoms. The lowest BCUT2D eigenvalue weighted by Crippen LogP contribution is -2.50. The summed E-state index contributed by atoms with van der Waals surface area (Å²) in [6.07, 6.45) is 0.391. The third kappa shape index (κ3) is 3.33. The number of carbonyl (C=O) groups is 2. The summed E-state index contributed by atoms with van der Waals surface area (Å²) in [4.78, 5) is 31.8. The van der Waals surface area contributed by atoms with E-state index in [1.54, 1.807) is 16.2 Å². The highest BCUT2D eigenvalue weighted by atomic mass is 32.1. The van der Waals surface area contributed by atoms with Crippen LogP contribution in [0.4, 0.5) is 0 Å². The quantitative estimate of drug-likeness (QED) is 0.839. The Labute approximate surface area is 135 Å². The Hall–Kier alpha value is -1.40. The van der Waals surface area contributed by atoms with E-state index in [1.165, 1.54) is 4.88 Å². The van der Waals surface area contributed by atoms with E-state index < -0.39 is 0 Å². The van der Waals surface area contributed by atoms with Crippen LogP contribution in [0.3, 0.4) is 0 Å². The molecular weight excluding hydrogens is 298 g/mol. The maximum absolute atomic E-state index is 12.6. The summed E-state index contributed by atoms with van der Waals surface area (Å²) < 4.78 is 0. The van der Waals surface area contributed by atoms with Gasteiger partial charge in [0.1, 0.15) is 0 Å². The molecule has 2 aliphatic heterocycles. The number of hydrogen-bond acceptors (Lipinski definition) is 4. The van der Waals surface area contributed by atoms with Gasteiger partial charge in [-0.1, -0.05) is 6.07 Å². The molecule has 0 N–H and O–H groups in total. The highest BCUT2D eigenvalue weighted by molar-refractivity contribution is 7.09. The summed E-state index contributed by atoms with van der Waals surface area (Å²) in [6, 6.07) is 4.24. The molecule has 2 amide bonds. The first kappa shape index (κ1) is 15.5. The Balaban J connectivity index is 1.49. The third-order valence-corrected chi connectivity index (χ3v) is 5.45. The second-order valence-corrected chi connectivity index (χ2v) is 7.05. The fourth-order valence-corrected chi connectivity index (χ4v) is 4.00. The maximum atomic E-state index is 12.6. The van der Waals surface area contributed by atoms with E-state index >= 15 is 0 Å². The van der Waals surface area contributed by atoms with Crippen LogP contribution in [-0.4, -0.2) is 65.8 Å². The molecule has 2 fully saturated rings. The zero-order valence-electron chi connectivity index (χ0n) is 13.0. The largest absolute Gasteiger partial charge is 0.342 e. The van der Waals surface area contributed by atoms with Gasteiger partial charge in [0, 0.05) is 57.1 Å². The smallest absolute Gasteiger partial charge is 0.228 e. The number of rotatable bonds is 4. The maximum Gasteiger partial charge on any atom is 0.228 e. The Morgan fingerprint density at radius 1 is 1.32 bits per heavy atom. The van der Waals surface area contributed by atoms with Gasteiger partial charge < -0.3 is 9.80 Å². The van der Waals surface area contributed by atoms with Crippen molar-refractivity contribution >= 4 is 23.2 Å². The van der Waals surface area contributed by atoms with Crippen molar-refractivity contribution in [3.05, 3.63) is 22.4 Å². The number of piperazine rings is 1. The Morgan fingerprint density at radius 3 is 2.68 bits per heavy atom. The van der Waals surface area contributed by atoms with Crippen molar-refractivity contribution in [2.45, 2.75) is 19.9 Å². The van der Waals surface area contributed by atoms with Gasteiger partial charge in [-0.05, 0) is 18.4 Å². The van der Waals surface area contributed by atoms with E-state index in [-0.39, 0.29) is 17.7 Å². The molecule has 3 rings (SSSR count). The molecular formula is C16H23N3O2S. The van der Waals surface area contributed by atoms with E-state index in [4.69, 9.17) is 0 Å². The lowest BCUT2D eigenvalue weighted by atomic mass is 10.1. The Morgan fingerprint density at radius 2 is 2.09 bits per heavy atom. The summed E-state index contributed by atoms with van der Waals surface area (Å²) in [6.45, 7) is 7.64. The van der Waals surface area contributed by atoms with Crippen molar-refractivity contribution in [2.75, 3.05) is 39.3 Å². The third-order valence-electron chi connectivity index (χ3n) is 4.59. The first-order valence-electron chi connectivity index (χ1n) is 7.98. The highest BCUT2D eigenvalue weighted by Crippen LogP contribution is 2.21. The van der Waals surface area contributed by atoms with Crippen molar-refractivity contribution in [3.63, 3.8) is 0 Å². The van der Waals surface area contributed by atoms with Gasteiger partial charge in [0.05, 0.1) is 5.92 Å². The van der Waals surface area contributed by atoms with Gasteiger partial charge in [-0.15, -0.1) is 11.3 Å². The van der Waals surface area contributed by atoms with Crippen molar-refractivity contribution in [1.29, 1.82) is 0 Å². The van der Waals surface area contributed by atoms with Gasteiger partial charge in [0.2, 0.25) is 11.8 Å². The molecule has 5 nitrogen and oxygen atoms in total. The molecule has 120 valence electrons. The number of amides is 2. The molecule has 3 heterocycles. The zero-order chi connectivity index (χ0) is 15.5. The van der Waals surface area contributed by atoms with Crippen LogP contribution < -0.4 is 0 Å². The van der Waals surface area contributed by atoms with E-state index in [1.807, 2.05) is 11.8 Å². The topological polar surface area (TPSA) is 43.9 Å². The lowest BCUT2D eigenvalue weighted by molar-refractivity contribution is -0.137. The van der Waals surface area contributed by atoms with Crippen LogP contribution in [0.1, 0.15) is 18.2 Å². The van der Waals surface area contributed by atoms with E-state index in [0.717, 1.165) is 32.7 Å². The summed E-state index contributed by atoms with van der Waals surface area (Å²) in [5, 5.41) is 2.10. The molecule has 0 spiro atoms. The predicted molar refractivity (Wildman–Crippen MR) is 86.5 cm³/mol. The Bertz CT molecular complexity index is 524. The fraction of sp³-hybridized carbons (Fsp3) is 0.625. The number of nitrogens with zero attached hydrogens (tertiary/aromatic N) is 3. The molecule has 0 radical (unpaired) electrons. The number of thiophene rings is 1. The number of likely N-dealkylation sites (tertiary alicyclic amines) is 1. The second-order valence-electron chi connectivity index (χ2n) is 6.01. The predicted octanol–water partition coefficient (Wildman–Crippen LogP) is 1.26. The van der Waals surface area contributed by atoms with Crippen molar-refractivity contribution in [1.82, 2.24) is 14.7 Å². The molecule has 0 aromatic carbocycles. The molecule has 0 unspecified atom stereocenters. The molecule has 6 heteroatoms. The first-order valence-corrected chi connectivity index (χ1v) is 8.86. The standard InChI is InChI=1S/C16H23N3O2S/c1-2-18-11-13(10-15(18)20)16(21)19-7-5-17(6-8-19)12-14-4-3-9-22-14/h3-4,9,13H,2,5-8,10-12H2,1H3/t13-/m1/s1. The van der Waals surface area contributed by atoms with Crippen molar-refractivity contribution < 1.29 is 9.59 Å². The average molecular weight is 321 g/mol. The first-order chi connectivity index (χ1) is 10.7. The fourth-order valence-electron chi connectivity index (χ4n) is 3.25. The van der Waals surface area contributed by atoms with Gasteiger partial charge >= 0.3 is 0 Å². The summed E-state index contributed by atoms with van der Waals surface area (Å²) in [5.41, 5.74) is 0. The molecule has 22 heavy (non-hydrogen) atoms. The second kappa shape index (κ2) is 6.79. The molecule has 1 atom stereocenters. The molecule has 2 saturated heterocycles. The minimum atomic E-state index is -0.128. The summed E-state index contributed by atoms with van der Waals surface area (Å²) in [5.74, 6) is 0.161. The molecule has 1 aromatic heterocycles. The van der Waals surface area contributed by atoms with Crippen LogP contribution in [0.2, 0.25) is 0 Å². The molecule has 1 aromatic rings. The molecule has 2 aliphatic rings. The number of carbonyl (C=O) groups excluding carboxylic acids is 2. The highest BCUT2D eigenvalue weighted by Gasteiger charge is 2.36. The summed E-state index contributed by atoms with van der Waals surface area (Å²) in [7, 11) is 0. The Kier molecular flexibility index (Phi) is 4.78. The van der Waals surface area contributed by atoms with Gasteiger partial charge in [0.15, 0.2) is 0 Å². The van der Waals surface area contributed by atoms with Crippen LogP contribution in [-0.2, 0) is 16.1 Å². The number of hydrogen-bond donors (Lipinski definition) is 0. The van der Waals surface area contributed by atoms with E-state index in [9.17, 15) is 9.59 Å². The van der Waals surface area contributed by atoms with Crippen LogP contribution in [0.5, 0.6) is 0 Å². The molecule has 0 saturated carbocycles. The van der Waals surface area contributed by atoms with Crippen LogP contribution in [0.25, 0.3) is 0 Å². The minimum absolute atomic E-state index is 0.122. The van der Waals surface area contributed by atoms with Crippen LogP contribution in [0.15, 0.2) is 17.5 Å². The van der Waals surface area contributed by atoms with Crippen LogP contribution >= 0.6 is 11.3 Å². The molecule has 0 aliphatic carbocycles.